The van der Waals surface area contributed by atoms with Gasteiger partial charge in [-0.1, -0.05) is 72.8 Å². The summed E-state index contributed by atoms with van der Waals surface area (Å²) in [6.45, 7) is 1.71. The molecule has 0 aliphatic carbocycles. The first kappa shape index (κ1) is 22.5. The normalized spacial score (nSPS) is 12.4. The summed E-state index contributed by atoms with van der Waals surface area (Å²) in [7, 11) is -4.18. The van der Waals surface area contributed by atoms with E-state index in [-0.39, 0.29) is 17.9 Å². The Labute approximate surface area is 192 Å². The summed E-state index contributed by atoms with van der Waals surface area (Å²) in [6, 6.07) is 25.2. The van der Waals surface area contributed by atoms with Crippen molar-refractivity contribution in [3.05, 3.63) is 90.5 Å². The molecule has 0 fully saturated rings. The molecule has 0 saturated carbocycles. The number of hydrogen-bond donors (Lipinski definition) is 1. The summed E-state index contributed by atoms with van der Waals surface area (Å²) >= 11 is 0. The van der Waals surface area contributed by atoms with E-state index in [1.807, 2.05) is 54.6 Å². The van der Waals surface area contributed by atoms with E-state index in [0.717, 1.165) is 27.1 Å². The number of rotatable bonds is 7. The molecule has 0 bridgehead atoms. The summed E-state index contributed by atoms with van der Waals surface area (Å²) in [5, 5.41) is 3.59. The number of fused-ring (bicyclic) bond motifs is 2. The van der Waals surface area contributed by atoms with E-state index in [1.54, 1.807) is 25.1 Å². The molecule has 0 spiro atoms. The van der Waals surface area contributed by atoms with Gasteiger partial charge in [-0.3, -0.25) is 9.59 Å². The predicted octanol–water partition coefficient (Wildman–Crippen LogP) is 4.22. The number of sulfonamides is 1. The van der Waals surface area contributed by atoms with Crippen molar-refractivity contribution in [3.8, 4) is 0 Å². The second kappa shape index (κ2) is 9.42. The van der Waals surface area contributed by atoms with Gasteiger partial charge in [0.1, 0.15) is 5.92 Å². The molecule has 0 radical (unpaired) electrons. The maximum absolute atomic E-state index is 13.0. The van der Waals surface area contributed by atoms with Gasteiger partial charge in [0, 0.05) is 0 Å². The van der Waals surface area contributed by atoms with Crippen LogP contribution in [0.2, 0.25) is 0 Å². The molecule has 1 atom stereocenters. The molecule has 4 rings (SSSR count). The standard InChI is InChI=1S/C26H23NO5S/c1-2-32-26(29)24(16-18-11-12-19-7-3-5-9-21(19)15-18)25(28)27-33(30,31)23-14-13-20-8-4-6-10-22(20)17-23/h3-15,17,24H,2,16H2,1H3,(H,27,28). The minimum Gasteiger partial charge on any atom is -0.465 e. The van der Waals surface area contributed by atoms with Crippen LogP contribution in [0.25, 0.3) is 21.5 Å². The van der Waals surface area contributed by atoms with Gasteiger partial charge < -0.3 is 4.74 Å². The Morgan fingerprint density at radius 2 is 1.39 bits per heavy atom. The molecule has 0 aliphatic rings. The lowest BCUT2D eigenvalue weighted by Crippen LogP contribution is -2.40. The molecule has 7 heteroatoms. The van der Waals surface area contributed by atoms with Gasteiger partial charge in [-0.15, -0.1) is 0 Å². The zero-order valence-corrected chi connectivity index (χ0v) is 18.8. The second-order valence-electron chi connectivity index (χ2n) is 7.67. The highest BCUT2D eigenvalue weighted by molar-refractivity contribution is 7.90. The summed E-state index contributed by atoms with van der Waals surface area (Å²) < 4.78 is 33.0. The number of hydrogen-bond acceptors (Lipinski definition) is 5. The van der Waals surface area contributed by atoms with Crippen LogP contribution in [0.5, 0.6) is 0 Å². The van der Waals surface area contributed by atoms with Crippen molar-refractivity contribution in [2.24, 2.45) is 5.92 Å². The first-order valence-corrected chi connectivity index (χ1v) is 12.1. The van der Waals surface area contributed by atoms with Crippen molar-refractivity contribution in [2.75, 3.05) is 6.61 Å². The Hall–Kier alpha value is -3.71. The van der Waals surface area contributed by atoms with Crippen LogP contribution in [0.4, 0.5) is 0 Å². The van der Waals surface area contributed by atoms with Gasteiger partial charge in [0.15, 0.2) is 0 Å². The molecular weight excluding hydrogens is 438 g/mol. The molecule has 1 N–H and O–H groups in total. The minimum atomic E-state index is -4.18. The van der Waals surface area contributed by atoms with Gasteiger partial charge in [-0.25, -0.2) is 13.1 Å². The molecule has 0 aromatic heterocycles. The third kappa shape index (κ3) is 5.04. The lowest BCUT2D eigenvalue weighted by Gasteiger charge is -2.16. The molecular formula is C26H23NO5S. The SMILES string of the molecule is CCOC(=O)C(Cc1ccc2ccccc2c1)C(=O)NS(=O)(=O)c1ccc2ccccc2c1. The van der Waals surface area contributed by atoms with Crippen LogP contribution in [0.15, 0.2) is 89.8 Å². The van der Waals surface area contributed by atoms with Crippen LogP contribution in [0, 0.1) is 5.92 Å². The fourth-order valence-corrected chi connectivity index (χ4v) is 4.78. The van der Waals surface area contributed by atoms with E-state index in [2.05, 4.69) is 4.72 Å². The maximum Gasteiger partial charge on any atom is 0.318 e. The average molecular weight is 462 g/mol. The highest BCUT2D eigenvalue weighted by Gasteiger charge is 2.32. The quantitative estimate of drug-likeness (QED) is 0.329. The largest absolute Gasteiger partial charge is 0.465 e. The molecule has 33 heavy (non-hydrogen) atoms. The van der Waals surface area contributed by atoms with Crippen LogP contribution in [-0.4, -0.2) is 26.9 Å². The summed E-state index contributed by atoms with van der Waals surface area (Å²) in [6.07, 6.45) is 0.0166. The summed E-state index contributed by atoms with van der Waals surface area (Å²) in [5.74, 6) is -2.99. The molecule has 168 valence electrons. The number of esters is 1. The molecule has 1 amide bonds. The number of ether oxygens (including phenoxy) is 1. The summed E-state index contributed by atoms with van der Waals surface area (Å²) in [4.78, 5) is 25.5. The van der Waals surface area contributed by atoms with Crippen molar-refractivity contribution in [1.82, 2.24) is 4.72 Å². The van der Waals surface area contributed by atoms with Crippen LogP contribution in [-0.2, 0) is 30.8 Å². The lowest BCUT2D eigenvalue weighted by molar-refractivity contribution is -0.151. The van der Waals surface area contributed by atoms with Gasteiger partial charge >= 0.3 is 5.97 Å². The smallest absolute Gasteiger partial charge is 0.318 e. The van der Waals surface area contributed by atoms with Crippen LogP contribution < -0.4 is 4.72 Å². The van der Waals surface area contributed by atoms with Crippen molar-refractivity contribution in [1.29, 1.82) is 0 Å². The van der Waals surface area contributed by atoms with E-state index in [4.69, 9.17) is 4.74 Å². The van der Waals surface area contributed by atoms with Gasteiger partial charge in [0.25, 0.3) is 10.0 Å². The maximum atomic E-state index is 13.0. The van der Waals surface area contributed by atoms with E-state index in [0.29, 0.717) is 0 Å². The minimum absolute atomic E-state index is 0.0166. The second-order valence-corrected chi connectivity index (χ2v) is 9.35. The summed E-state index contributed by atoms with van der Waals surface area (Å²) in [5.41, 5.74) is 0.727. The van der Waals surface area contributed by atoms with E-state index >= 15 is 0 Å². The van der Waals surface area contributed by atoms with E-state index < -0.39 is 27.8 Å². The van der Waals surface area contributed by atoms with Gasteiger partial charge in [0.05, 0.1) is 11.5 Å². The number of amides is 1. The third-order valence-electron chi connectivity index (χ3n) is 5.41. The number of nitrogens with one attached hydrogen (secondary N) is 1. The zero-order chi connectivity index (χ0) is 23.4. The van der Waals surface area contributed by atoms with Gasteiger partial charge in [0.2, 0.25) is 5.91 Å². The molecule has 0 heterocycles. The molecule has 4 aromatic rings. The third-order valence-corrected chi connectivity index (χ3v) is 6.75. The Balaban J connectivity index is 1.60. The van der Waals surface area contributed by atoms with Crippen LogP contribution >= 0.6 is 0 Å². The predicted molar refractivity (Wildman–Crippen MR) is 127 cm³/mol. The Bertz CT molecular complexity index is 1450. The average Bonchev–Trinajstić information content (AvgIpc) is 2.81. The first-order chi connectivity index (χ1) is 15.9. The number of carbonyl (C=O) groups excluding carboxylic acids is 2. The first-order valence-electron chi connectivity index (χ1n) is 10.6. The van der Waals surface area contributed by atoms with Crippen LogP contribution in [0.3, 0.4) is 0 Å². The van der Waals surface area contributed by atoms with Crippen molar-refractivity contribution < 1.29 is 22.7 Å². The number of carbonyl (C=O) groups is 2. The van der Waals surface area contributed by atoms with Gasteiger partial charge in [-0.2, -0.15) is 0 Å². The Kier molecular flexibility index (Phi) is 6.42. The molecule has 1 unspecified atom stereocenters. The molecule has 0 aliphatic heterocycles. The van der Waals surface area contributed by atoms with E-state index in [1.165, 1.54) is 12.1 Å². The highest BCUT2D eigenvalue weighted by atomic mass is 32.2. The van der Waals surface area contributed by atoms with Crippen molar-refractivity contribution >= 4 is 43.4 Å². The van der Waals surface area contributed by atoms with Crippen molar-refractivity contribution in [2.45, 2.75) is 18.2 Å². The van der Waals surface area contributed by atoms with Gasteiger partial charge in [-0.05, 0) is 52.6 Å². The Morgan fingerprint density at radius 3 is 2.03 bits per heavy atom. The fourth-order valence-electron chi connectivity index (χ4n) is 3.72. The fraction of sp³-hybridized carbons (Fsp3) is 0.154. The molecule has 0 saturated heterocycles. The number of benzene rings is 4. The Morgan fingerprint density at radius 1 is 0.818 bits per heavy atom. The van der Waals surface area contributed by atoms with E-state index in [9.17, 15) is 18.0 Å². The highest BCUT2D eigenvalue weighted by Crippen LogP contribution is 2.21. The zero-order valence-electron chi connectivity index (χ0n) is 18.0. The van der Waals surface area contributed by atoms with Crippen LogP contribution in [0.1, 0.15) is 12.5 Å². The monoisotopic (exact) mass is 461 g/mol. The molecule has 4 aromatic carbocycles. The topological polar surface area (TPSA) is 89.5 Å². The molecule has 6 nitrogen and oxygen atoms in total. The lowest BCUT2D eigenvalue weighted by atomic mass is 9.96. The van der Waals surface area contributed by atoms with Crippen molar-refractivity contribution in [3.63, 3.8) is 0 Å².